The van der Waals surface area contributed by atoms with Crippen LogP contribution in [-0.4, -0.2) is 76.2 Å². The zero-order valence-electron chi connectivity index (χ0n) is 27.8. The molecule has 5 aliphatic rings. The van der Waals surface area contributed by atoms with Crippen molar-refractivity contribution >= 4 is 40.0 Å². The van der Waals surface area contributed by atoms with Gasteiger partial charge in [0.2, 0.25) is 0 Å². The molecule has 3 fully saturated rings. The highest BCUT2D eigenvalue weighted by Gasteiger charge is 2.77. The minimum Gasteiger partial charge on any atom is -0.489 e. The van der Waals surface area contributed by atoms with Crippen molar-refractivity contribution in [3.8, 4) is 11.8 Å². The van der Waals surface area contributed by atoms with E-state index in [1.807, 2.05) is 11.8 Å². The molecule has 1 spiro atoms. The van der Waals surface area contributed by atoms with Gasteiger partial charge in [0.15, 0.2) is 11.6 Å². The Bertz CT molecular complexity index is 2030. The molecule has 4 N–H and O–H groups in total. The normalized spacial score (nSPS) is 29.0. The molecule has 0 radical (unpaired) electrons. The molecule has 10 nitrogen and oxygen atoms in total. The number of anilines is 2. The summed E-state index contributed by atoms with van der Waals surface area (Å²) in [4.78, 5) is 20.9. The molecule has 0 unspecified atom stereocenters. The number of pyridine rings is 1. The predicted octanol–water partition coefficient (Wildman–Crippen LogP) is 6.47. The molecule has 2 saturated heterocycles. The Labute approximate surface area is 293 Å². The van der Waals surface area contributed by atoms with Crippen LogP contribution >= 0.6 is 11.6 Å². The first-order valence-corrected chi connectivity index (χ1v) is 17.1. The van der Waals surface area contributed by atoms with Crippen molar-refractivity contribution in [2.75, 3.05) is 43.5 Å². The van der Waals surface area contributed by atoms with Crippen LogP contribution in [0, 0.1) is 11.2 Å². The van der Waals surface area contributed by atoms with E-state index >= 15 is 4.39 Å². The van der Waals surface area contributed by atoms with Gasteiger partial charge >= 0.3 is 12.2 Å². The lowest BCUT2D eigenvalue weighted by molar-refractivity contribution is -0.101. The number of hydrogen-bond donors (Lipinski definition) is 2. The molecule has 1 aliphatic carbocycles. The quantitative estimate of drug-likeness (QED) is 0.274. The van der Waals surface area contributed by atoms with Gasteiger partial charge in [-0.25, -0.2) is 23.1 Å². The summed E-state index contributed by atoms with van der Waals surface area (Å²) in [5.74, 6) is -3.75. The van der Waals surface area contributed by atoms with Gasteiger partial charge < -0.3 is 25.8 Å². The topological polar surface area (TPSA) is 128 Å². The van der Waals surface area contributed by atoms with Crippen LogP contribution in [0.3, 0.4) is 0 Å². The lowest BCUT2D eigenvalue weighted by Crippen LogP contribution is -2.43. The van der Waals surface area contributed by atoms with Crippen LogP contribution in [0.1, 0.15) is 63.1 Å². The van der Waals surface area contributed by atoms with Gasteiger partial charge in [0.25, 0.3) is 5.92 Å². The Morgan fingerprint density at radius 2 is 1.92 bits per heavy atom. The van der Waals surface area contributed by atoms with Crippen LogP contribution in [0.15, 0.2) is 35.1 Å². The molecule has 1 aromatic carbocycles. The van der Waals surface area contributed by atoms with Gasteiger partial charge in [-0.3, -0.25) is 4.90 Å². The Kier molecular flexibility index (Phi) is 7.50. The Morgan fingerprint density at radius 1 is 1.16 bits per heavy atom. The molecule has 4 atom stereocenters. The second-order valence-corrected chi connectivity index (χ2v) is 15.0. The third-order valence-electron chi connectivity index (χ3n) is 11.5. The van der Waals surface area contributed by atoms with Gasteiger partial charge in [0, 0.05) is 48.3 Å². The van der Waals surface area contributed by atoms with Crippen molar-refractivity contribution in [2.24, 2.45) is 16.1 Å². The fourth-order valence-corrected chi connectivity index (χ4v) is 9.30. The summed E-state index contributed by atoms with van der Waals surface area (Å²) in [6.07, 6.45) is -1.81. The lowest BCUT2D eigenvalue weighted by Gasteiger charge is -2.37. The molecule has 51 heavy (non-hydrogen) atoms. The fourth-order valence-electron chi connectivity index (χ4n) is 8.86. The number of aliphatic imine (C=N–C) groups is 1. The summed E-state index contributed by atoms with van der Waals surface area (Å²) < 4.78 is 102. The molecule has 0 amide bonds. The molecule has 0 bridgehead atoms. The summed E-state index contributed by atoms with van der Waals surface area (Å²) >= 11 is 6.89. The highest BCUT2D eigenvalue weighted by molar-refractivity contribution is 6.34. The van der Waals surface area contributed by atoms with E-state index in [9.17, 15) is 22.0 Å². The van der Waals surface area contributed by atoms with Crippen LogP contribution in [0.25, 0.3) is 10.9 Å². The van der Waals surface area contributed by atoms with E-state index in [2.05, 4.69) is 15.0 Å². The van der Waals surface area contributed by atoms with E-state index in [4.69, 9.17) is 37.5 Å². The highest BCUT2D eigenvalue weighted by Crippen LogP contribution is 2.69. The Hall–Kier alpha value is -4.05. The molecule has 6 heterocycles. The van der Waals surface area contributed by atoms with E-state index in [0.717, 1.165) is 6.42 Å². The smallest absolute Gasteiger partial charge is 0.415 e. The maximum atomic E-state index is 17.2. The first kappa shape index (κ1) is 34.1. The number of alkyl halides is 5. The number of aromatic nitrogens is 3. The molecular formula is C34H35ClF6N8O2. The lowest BCUT2D eigenvalue weighted by atomic mass is 9.71. The average molecular weight is 737 g/mol. The van der Waals surface area contributed by atoms with Crippen molar-refractivity contribution < 1.29 is 35.8 Å². The highest BCUT2D eigenvalue weighted by atomic mass is 35.5. The van der Waals surface area contributed by atoms with E-state index in [0.29, 0.717) is 24.7 Å². The zero-order valence-corrected chi connectivity index (χ0v) is 28.5. The van der Waals surface area contributed by atoms with Gasteiger partial charge in [0.1, 0.15) is 36.2 Å². The number of benzene rings is 1. The molecule has 272 valence electrons. The summed E-state index contributed by atoms with van der Waals surface area (Å²) in [6.45, 7) is 4.04. The minimum atomic E-state index is -4.91. The van der Waals surface area contributed by atoms with Crippen molar-refractivity contribution in [3.63, 3.8) is 0 Å². The van der Waals surface area contributed by atoms with Gasteiger partial charge in [-0.2, -0.15) is 23.1 Å². The second kappa shape index (κ2) is 11.2. The number of nitrogens with two attached hydrogens (primary N) is 2. The molecule has 8 rings (SSSR count). The Morgan fingerprint density at radius 3 is 2.63 bits per heavy atom. The summed E-state index contributed by atoms with van der Waals surface area (Å²) in [7, 11) is 0. The van der Waals surface area contributed by atoms with Crippen LogP contribution < -0.4 is 25.8 Å². The largest absolute Gasteiger partial charge is 0.489 e. The third-order valence-corrected chi connectivity index (χ3v) is 11.9. The van der Waals surface area contributed by atoms with Crippen LogP contribution in [0.4, 0.5) is 38.0 Å². The van der Waals surface area contributed by atoms with Crippen LogP contribution in [-0.2, 0) is 5.41 Å². The number of fused-ring (bicyclic) bond motifs is 1. The van der Waals surface area contributed by atoms with E-state index in [-0.39, 0.29) is 84.3 Å². The summed E-state index contributed by atoms with van der Waals surface area (Å²) in [5, 5.41) is -0.361. The predicted molar refractivity (Wildman–Crippen MR) is 178 cm³/mol. The standard InChI is InChI=1S/C34H35ClF6N8O2/c1-17(18-5-3-7-44-27(18)43)49-9-10-50-26-21-25(24(36)22(23(26)35)30(2)11-20(42)45-12-19(30)34(39,40)41)46-29(47-28(21)49)51-16-32-6-4-8-48(32)15-31(13-32)14-33(31,37)38/h3,5,7,12,17H,4,6,8-11,13-16H2,1-2H3,(H2,42,45)(H2,43,44)/t17-,30-,31-,32+/m1/s1. The first-order valence-electron chi connectivity index (χ1n) is 16.7. The summed E-state index contributed by atoms with van der Waals surface area (Å²) in [5.41, 5.74) is 6.85. The first-order chi connectivity index (χ1) is 24.0. The number of nitrogens with zero attached hydrogens (tertiary/aromatic N) is 6. The van der Waals surface area contributed by atoms with E-state index < -0.39 is 57.9 Å². The number of allylic oxidation sites excluding steroid dienone is 1. The number of nitrogen functional groups attached to an aromatic ring is 1. The molecule has 1 saturated carbocycles. The number of ether oxygens (including phenoxy) is 2. The summed E-state index contributed by atoms with van der Waals surface area (Å²) in [6, 6.07) is 2.71. The van der Waals surface area contributed by atoms with E-state index in [1.165, 1.54) is 6.92 Å². The van der Waals surface area contributed by atoms with Crippen molar-refractivity contribution in [2.45, 2.75) is 75.0 Å². The zero-order chi connectivity index (χ0) is 36.3. The molecular weight excluding hydrogens is 702 g/mol. The second-order valence-electron chi connectivity index (χ2n) is 14.6. The number of rotatable bonds is 6. The van der Waals surface area contributed by atoms with Gasteiger partial charge in [0.05, 0.1) is 39.5 Å². The van der Waals surface area contributed by atoms with Gasteiger partial charge in [-0.15, -0.1) is 0 Å². The molecule has 4 aliphatic heterocycles. The minimum absolute atomic E-state index is 0.0202. The maximum Gasteiger partial charge on any atom is 0.415 e. The third kappa shape index (κ3) is 5.10. The molecule has 3 aromatic rings. The monoisotopic (exact) mass is 736 g/mol. The van der Waals surface area contributed by atoms with Crippen molar-refractivity contribution in [1.29, 1.82) is 0 Å². The van der Waals surface area contributed by atoms with Crippen LogP contribution in [0.5, 0.6) is 11.8 Å². The maximum absolute atomic E-state index is 17.2. The Balaban J connectivity index is 1.30. The SMILES string of the molecule is C[C@H](c1cccnc1N)N1CCOc2c(Cl)c([C@]3(C)CC(N)=NC=C3C(F)(F)F)c(F)c3nc(OC[C@@]45CCCN4C[C@]4(CC4(F)F)C5)nc1c23. The van der Waals surface area contributed by atoms with Crippen molar-refractivity contribution in [3.05, 3.63) is 52.1 Å². The van der Waals surface area contributed by atoms with Gasteiger partial charge in [-0.05, 0) is 38.8 Å². The molecule has 17 heteroatoms. The van der Waals surface area contributed by atoms with E-state index in [1.54, 1.807) is 23.2 Å². The number of halogens is 7. The average Bonchev–Trinajstić information content (AvgIpc) is 3.25. The number of hydrogen-bond acceptors (Lipinski definition) is 10. The number of amidine groups is 1. The molecule has 2 aromatic heterocycles. The fraction of sp³-hybridized carbons (Fsp3) is 0.529. The van der Waals surface area contributed by atoms with Crippen molar-refractivity contribution in [1.82, 2.24) is 19.9 Å². The van der Waals surface area contributed by atoms with Gasteiger partial charge in [-0.1, -0.05) is 24.6 Å². The van der Waals surface area contributed by atoms with Crippen LogP contribution in [0.2, 0.25) is 5.02 Å².